The summed E-state index contributed by atoms with van der Waals surface area (Å²) >= 11 is 7.79. The number of benzene rings is 1. The van der Waals surface area contributed by atoms with Crippen LogP contribution in [0.3, 0.4) is 0 Å². The molecule has 1 aromatic carbocycles. The van der Waals surface area contributed by atoms with Crippen molar-refractivity contribution in [2.45, 2.75) is 29.5 Å². The summed E-state index contributed by atoms with van der Waals surface area (Å²) in [4.78, 5) is 18.0. The number of thioether (sulfide) groups is 1. The lowest BCUT2D eigenvalue weighted by Gasteiger charge is -2.10. The predicted octanol–water partition coefficient (Wildman–Crippen LogP) is 3.69. The van der Waals surface area contributed by atoms with Crippen molar-refractivity contribution in [3.05, 3.63) is 52.2 Å². The van der Waals surface area contributed by atoms with Crippen LogP contribution in [0.4, 0.5) is 0 Å². The van der Waals surface area contributed by atoms with Gasteiger partial charge in [-0.15, -0.1) is 11.8 Å². The molecule has 1 fully saturated rings. The van der Waals surface area contributed by atoms with E-state index in [0.717, 1.165) is 10.5 Å². The van der Waals surface area contributed by atoms with Crippen LogP contribution in [0.1, 0.15) is 34.5 Å². The Morgan fingerprint density at radius 2 is 2.17 bits per heavy atom. The summed E-state index contributed by atoms with van der Waals surface area (Å²) in [7, 11) is 1.47. The van der Waals surface area contributed by atoms with E-state index < -0.39 is 0 Å². The van der Waals surface area contributed by atoms with Crippen molar-refractivity contribution in [2.24, 2.45) is 5.73 Å². The van der Waals surface area contributed by atoms with Gasteiger partial charge in [0.2, 0.25) is 11.7 Å². The van der Waals surface area contributed by atoms with E-state index in [-0.39, 0.29) is 11.7 Å². The van der Waals surface area contributed by atoms with E-state index in [1.54, 1.807) is 12.1 Å². The third-order valence-electron chi connectivity index (χ3n) is 3.60. The Labute approximate surface area is 144 Å². The highest BCUT2D eigenvalue weighted by Gasteiger charge is 2.24. The van der Waals surface area contributed by atoms with Gasteiger partial charge in [-0.05, 0) is 48.7 Å². The molecule has 0 aliphatic heterocycles. The number of hydrogen-bond donors (Lipinski definition) is 1. The summed E-state index contributed by atoms with van der Waals surface area (Å²) in [6, 6.07) is 8.88. The average molecular weight is 349 g/mol. The molecule has 2 N–H and O–H groups in total. The fourth-order valence-electron chi connectivity index (χ4n) is 2.20. The number of carbonyl (C=O) groups is 1. The molecule has 1 aromatic heterocycles. The molecule has 120 valence electrons. The second-order valence-electron chi connectivity index (χ2n) is 5.36. The van der Waals surface area contributed by atoms with E-state index in [2.05, 4.69) is 4.98 Å². The molecule has 1 heterocycles. The van der Waals surface area contributed by atoms with Gasteiger partial charge >= 0.3 is 0 Å². The Hall–Kier alpha value is -1.56. The maximum atomic E-state index is 12.6. The van der Waals surface area contributed by atoms with Gasteiger partial charge in [0.15, 0.2) is 0 Å². The molecule has 23 heavy (non-hydrogen) atoms. The van der Waals surface area contributed by atoms with Gasteiger partial charge in [-0.1, -0.05) is 11.6 Å². The lowest BCUT2D eigenvalue weighted by atomic mass is 10.0. The van der Waals surface area contributed by atoms with Crippen molar-refractivity contribution in [3.63, 3.8) is 0 Å². The van der Waals surface area contributed by atoms with Crippen molar-refractivity contribution in [3.8, 4) is 5.88 Å². The number of ketones is 1. The normalized spacial score (nSPS) is 13.9. The van der Waals surface area contributed by atoms with Crippen LogP contribution < -0.4 is 10.5 Å². The minimum atomic E-state index is -0.169. The van der Waals surface area contributed by atoms with Gasteiger partial charge < -0.3 is 10.5 Å². The third-order valence-corrected chi connectivity index (χ3v) is 5.35. The Morgan fingerprint density at radius 1 is 1.39 bits per heavy atom. The highest BCUT2D eigenvalue weighted by atomic mass is 35.5. The van der Waals surface area contributed by atoms with E-state index in [4.69, 9.17) is 22.1 Å². The first-order valence-electron chi connectivity index (χ1n) is 7.37. The van der Waals surface area contributed by atoms with Crippen molar-refractivity contribution < 1.29 is 9.53 Å². The topological polar surface area (TPSA) is 65.2 Å². The molecule has 0 atom stereocenters. The maximum absolute atomic E-state index is 12.6. The lowest BCUT2D eigenvalue weighted by Crippen LogP contribution is -2.07. The molecule has 0 spiro atoms. The zero-order chi connectivity index (χ0) is 16.4. The number of nitrogens with two attached hydrogens (primary N) is 1. The molecular formula is C17H17ClN2O2S. The average Bonchev–Trinajstić information content (AvgIpc) is 3.39. The summed E-state index contributed by atoms with van der Waals surface area (Å²) in [5, 5.41) is 1.08. The molecule has 0 bridgehead atoms. The number of hydrogen-bond acceptors (Lipinski definition) is 5. The van der Waals surface area contributed by atoms with Crippen LogP contribution in [-0.4, -0.2) is 23.1 Å². The third kappa shape index (κ3) is 3.68. The first kappa shape index (κ1) is 16.3. The number of rotatable bonds is 6. The summed E-state index contributed by atoms with van der Waals surface area (Å²) in [6.45, 7) is 0.410. The van der Waals surface area contributed by atoms with Gasteiger partial charge in [-0.3, -0.25) is 4.79 Å². The van der Waals surface area contributed by atoms with Crippen LogP contribution in [0.15, 0.2) is 35.2 Å². The summed E-state index contributed by atoms with van der Waals surface area (Å²) < 4.78 is 5.07. The summed E-state index contributed by atoms with van der Waals surface area (Å²) in [5.41, 5.74) is 7.71. The summed E-state index contributed by atoms with van der Waals surface area (Å²) in [5.74, 6) is 0.0788. The Kier molecular flexibility index (Phi) is 4.90. The van der Waals surface area contributed by atoms with Gasteiger partial charge in [0.25, 0.3) is 0 Å². The minimum absolute atomic E-state index is 0.169. The molecule has 4 nitrogen and oxygen atoms in total. The van der Waals surface area contributed by atoms with E-state index in [1.165, 1.54) is 20.0 Å². The number of methoxy groups -OCH3 is 1. The standard InChI is InChI=1S/C17H17ClN2O2S/c1-22-17-13(18)5-6-14(20-17)16(21)10-2-7-15(11(8-10)9-19)23-12-3-4-12/h2,5-8,12H,3-4,9,19H2,1H3. The molecule has 6 heteroatoms. The number of ether oxygens (including phenoxy) is 1. The van der Waals surface area contributed by atoms with Gasteiger partial charge in [0, 0.05) is 22.3 Å². The van der Waals surface area contributed by atoms with Crippen LogP contribution in [0, 0.1) is 0 Å². The van der Waals surface area contributed by atoms with Crippen molar-refractivity contribution in [1.82, 2.24) is 4.98 Å². The predicted molar refractivity (Wildman–Crippen MR) is 92.4 cm³/mol. The number of aromatic nitrogens is 1. The van der Waals surface area contributed by atoms with Crippen LogP contribution in [0.5, 0.6) is 5.88 Å². The molecule has 0 saturated heterocycles. The second kappa shape index (κ2) is 6.91. The number of pyridine rings is 1. The van der Waals surface area contributed by atoms with Gasteiger partial charge in [0.05, 0.1) is 7.11 Å². The fraction of sp³-hybridized carbons (Fsp3) is 0.294. The maximum Gasteiger partial charge on any atom is 0.232 e. The fourth-order valence-corrected chi connectivity index (χ4v) is 3.56. The monoisotopic (exact) mass is 348 g/mol. The van der Waals surface area contributed by atoms with Crippen molar-refractivity contribution >= 4 is 29.1 Å². The van der Waals surface area contributed by atoms with Crippen LogP contribution in [0.25, 0.3) is 0 Å². The molecule has 0 radical (unpaired) electrons. The van der Waals surface area contributed by atoms with E-state index in [9.17, 15) is 4.79 Å². The Morgan fingerprint density at radius 3 is 2.83 bits per heavy atom. The van der Waals surface area contributed by atoms with E-state index in [0.29, 0.717) is 28.1 Å². The highest BCUT2D eigenvalue weighted by Crippen LogP contribution is 2.40. The number of nitrogens with zero attached hydrogens (tertiary/aromatic N) is 1. The molecule has 1 aliphatic rings. The smallest absolute Gasteiger partial charge is 0.232 e. The zero-order valence-electron chi connectivity index (χ0n) is 12.7. The van der Waals surface area contributed by atoms with E-state index in [1.807, 2.05) is 30.0 Å². The summed E-state index contributed by atoms with van der Waals surface area (Å²) in [6.07, 6.45) is 2.51. The Balaban J connectivity index is 1.89. The molecule has 0 unspecified atom stereocenters. The molecule has 1 saturated carbocycles. The largest absolute Gasteiger partial charge is 0.480 e. The molecular weight excluding hydrogens is 332 g/mol. The minimum Gasteiger partial charge on any atom is -0.480 e. The van der Waals surface area contributed by atoms with Crippen molar-refractivity contribution in [2.75, 3.05) is 7.11 Å². The van der Waals surface area contributed by atoms with Gasteiger partial charge in [0.1, 0.15) is 10.7 Å². The number of halogens is 1. The molecule has 1 aliphatic carbocycles. The highest BCUT2D eigenvalue weighted by molar-refractivity contribution is 8.00. The van der Waals surface area contributed by atoms with Crippen LogP contribution in [0.2, 0.25) is 5.02 Å². The SMILES string of the molecule is COc1nc(C(=O)c2ccc(SC3CC3)c(CN)c2)ccc1Cl. The quantitative estimate of drug-likeness (QED) is 0.806. The van der Waals surface area contributed by atoms with Crippen LogP contribution >= 0.6 is 23.4 Å². The number of carbonyl (C=O) groups excluding carboxylic acids is 1. The lowest BCUT2D eigenvalue weighted by molar-refractivity contribution is 0.103. The van der Waals surface area contributed by atoms with Crippen molar-refractivity contribution in [1.29, 1.82) is 0 Å². The molecule has 3 rings (SSSR count). The molecule has 0 amide bonds. The van der Waals surface area contributed by atoms with Gasteiger partial charge in [-0.2, -0.15) is 0 Å². The second-order valence-corrected chi connectivity index (χ2v) is 7.11. The first-order chi connectivity index (χ1) is 11.1. The zero-order valence-corrected chi connectivity index (χ0v) is 14.3. The first-order valence-corrected chi connectivity index (χ1v) is 8.63. The van der Waals surface area contributed by atoms with Gasteiger partial charge in [-0.25, -0.2) is 4.98 Å². The van der Waals surface area contributed by atoms with E-state index >= 15 is 0 Å². The van der Waals surface area contributed by atoms with Crippen LogP contribution in [-0.2, 0) is 6.54 Å². The molecule has 2 aromatic rings. The Bertz CT molecular complexity index is 747.